The minimum atomic E-state index is -6.02. The average Bonchev–Trinajstić information content (AvgIpc) is 3.74. The Morgan fingerprint density at radius 1 is 1.00 bits per heavy atom. The lowest BCUT2D eigenvalue weighted by molar-refractivity contribution is -0.274. The van der Waals surface area contributed by atoms with Crippen LogP contribution in [0.1, 0.15) is 40.0 Å². The summed E-state index contributed by atoms with van der Waals surface area (Å²) in [6.07, 6.45) is -11.7. The van der Waals surface area contributed by atoms with Crippen LogP contribution >= 0.6 is 0 Å². The number of halogens is 7. The Morgan fingerprint density at radius 3 is 2.22 bits per heavy atom. The van der Waals surface area contributed by atoms with Gasteiger partial charge in [-0.2, -0.15) is 31.6 Å². The molecule has 2 aliphatic heterocycles. The Morgan fingerprint density at radius 2 is 1.65 bits per heavy atom. The van der Waals surface area contributed by atoms with Crippen molar-refractivity contribution in [1.82, 2.24) is 20.1 Å². The van der Waals surface area contributed by atoms with Crippen molar-refractivity contribution in [2.24, 2.45) is 40.9 Å². The molecule has 0 radical (unpaired) electrons. The number of nitrogens with zero attached hydrogens (tertiary/aromatic N) is 4. The molecule has 4 amide bonds. The molecule has 11 nitrogen and oxygen atoms in total. The molecule has 1 aromatic rings. The van der Waals surface area contributed by atoms with Crippen molar-refractivity contribution < 1.29 is 55.0 Å². The second-order valence-electron chi connectivity index (χ2n) is 14.3. The van der Waals surface area contributed by atoms with Gasteiger partial charge in [0.1, 0.15) is 24.3 Å². The van der Waals surface area contributed by atoms with Crippen molar-refractivity contribution in [1.29, 1.82) is 5.26 Å². The van der Waals surface area contributed by atoms with E-state index in [1.54, 1.807) is 5.32 Å². The third-order valence-corrected chi connectivity index (χ3v) is 10.3. The number of nitriles is 1. The van der Waals surface area contributed by atoms with Crippen LogP contribution in [-0.2, 0) is 19.2 Å². The molecule has 2 saturated carbocycles. The summed E-state index contributed by atoms with van der Waals surface area (Å²) in [6, 6.07) is 0.0374. The Bertz CT molecular complexity index is 1530. The van der Waals surface area contributed by atoms with Crippen molar-refractivity contribution in [3.63, 3.8) is 0 Å². The van der Waals surface area contributed by atoms with Gasteiger partial charge in [0.25, 0.3) is 0 Å². The van der Waals surface area contributed by atoms with E-state index >= 15 is 4.39 Å². The monoisotopic (exact) mass is 704 g/mol. The maximum atomic E-state index is 15.2. The molecule has 9 atom stereocenters. The van der Waals surface area contributed by atoms with Gasteiger partial charge in [0.15, 0.2) is 11.6 Å². The number of carbonyl (C=O) groups excluding carboxylic acids is 4. The first kappa shape index (κ1) is 36.1. The lowest BCUT2D eigenvalue weighted by atomic mass is 9.77. The predicted molar refractivity (Wildman–Crippen MR) is 154 cm³/mol. The molecular formula is C31H35F7N6O5. The molecule has 49 heavy (non-hydrogen) atoms. The van der Waals surface area contributed by atoms with Gasteiger partial charge in [-0.05, 0) is 60.5 Å². The zero-order chi connectivity index (χ0) is 36.4. The van der Waals surface area contributed by atoms with Gasteiger partial charge in [-0.25, -0.2) is 9.37 Å². The lowest BCUT2D eigenvalue weighted by Crippen LogP contribution is -2.61. The molecule has 2 aliphatic carbocycles. The van der Waals surface area contributed by atoms with Gasteiger partial charge in [-0.15, -0.1) is 0 Å². The quantitative estimate of drug-likeness (QED) is 0.383. The van der Waals surface area contributed by atoms with E-state index in [4.69, 9.17) is 0 Å². The van der Waals surface area contributed by atoms with Crippen LogP contribution in [0.3, 0.4) is 0 Å². The third kappa shape index (κ3) is 6.72. The number of pyridine rings is 1. The molecule has 0 aromatic carbocycles. The Balaban J connectivity index is 1.45. The van der Waals surface area contributed by atoms with E-state index in [9.17, 15) is 55.9 Å². The van der Waals surface area contributed by atoms with Crippen LogP contribution in [-0.4, -0.2) is 93.3 Å². The number of aromatic hydroxyl groups is 1. The SMILES string of the molecule is CC(C)(C)[C@H](NC(=O)C(C(F)(F)F)C(F)(F)F)C(=O)N1C[C@@H]2[C@H]3C[C@@H]([C@@H]2[C@H]1C(=O)N1CC(C(=O)Nc2ncccc2O)CC1C#N)[C@H](F)C3. The minimum Gasteiger partial charge on any atom is -0.504 e. The third-order valence-electron chi connectivity index (χ3n) is 10.3. The molecular weight excluding hydrogens is 669 g/mol. The molecule has 268 valence electrons. The normalized spacial score (nSPS) is 30.2. The highest BCUT2D eigenvalue weighted by molar-refractivity contribution is 5.96. The summed E-state index contributed by atoms with van der Waals surface area (Å²) in [5.74, 6) is -13.2. The minimum absolute atomic E-state index is 0.148. The standard InChI is InChI=1S/C31H35F7N6O5/c1-29(2,3)23(41-26(47)22(30(33,34)35)31(36,37)38)28(49)44-12-17-13-8-16(18(32)9-13)20(17)21(44)27(48)43-11-14(7-15(43)10-39)25(46)42-24-19(45)5-4-6-40-24/h4-6,13-18,20-23,45H,7-9,11-12H2,1-3H3,(H,41,47)(H,40,42,46)/t13-,14?,15?,16+,17+,18+,20-,21-,23+/m0/s1. The Labute approximate surface area is 276 Å². The van der Waals surface area contributed by atoms with Crippen molar-refractivity contribution in [2.45, 2.75) is 76.7 Å². The largest absolute Gasteiger partial charge is 0.504 e. The molecule has 4 aliphatic rings. The summed E-state index contributed by atoms with van der Waals surface area (Å²) < 4.78 is 95.6. The molecule has 0 spiro atoms. The molecule has 18 heteroatoms. The summed E-state index contributed by atoms with van der Waals surface area (Å²) >= 11 is 0. The first-order valence-electron chi connectivity index (χ1n) is 15.7. The fourth-order valence-electron chi connectivity index (χ4n) is 8.05. The summed E-state index contributed by atoms with van der Waals surface area (Å²) in [6.45, 7) is 3.45. The van der Waals surface area contributed by atoms with Gasteiger partial charge in [0, 0.05) is 19.3 Å². The highest BCUT2D eigenvalue weighted by Crippen LogP contribution is 2.59. The fraction of sp³-hybridized carbons (Fsp3) is 0.677. The molecule has 1 aromatic heterocycles. The topological polar surface area (TPSA) is 156 Å². The van der Waals surface area contributed by atoms with E-state index in [0.29, 0.717) is 6.42 Å². The van der Waals surface area contributed by atoms with Crippen molar-refractivity contribution in [3.05, 3.63) is 18.3 Å². The van der Waals surface area contributed by atoms with Crippen LogP contribution in [0, 0.1) is 52.3 Å². The van der Waals surface area contributed by atoms with Crippen LogP contribution in [0.15, 0.2) is 18.3 Å². The van der Waals surface area contributed by atoms with Crippen LogP contribution in [0.4, 0.5) is 36.6 Å². The van der Waals surface area contributed by atoms with Crippen LogP contribution < -0.4 is 10.6 Å². The Hall–Kier alpha value is -4.17. The van der Waals surface area contributed by atoms with E-state index in [1.165, 1.54) is 39.1 Å². The van der Waals surface area contributed by atoms with Gasteiger partial charge in [0.2, 0.25) is 29.5 Å². The van der Waals surface area contributed by atoms with Crippen molar-refractivity contribution >= 4 is 29.4 Å². The van der Waals surface area contributed by atoms with E-state index < -0.39 is 95.3 Å². The fourth-order valence-corrected chi connectivity index (χ4v) is 8.05. The van der Waals surface area contributed by atoms with Gasteiger partial charge in [-0.3, -0.25) is 19.2 Å². The highest BCUT2D eigenvalue weighted by atomic mass is 19.4. The van der Waals surface area contributed by atoms with Gasteiger partial charge in [0.05, 0.1) is 12.0 Å². The van der Waals surface area contributed by atoms with Gasteiger partial charge in [-0.1, -0.05) is 20.8 Å². The number of aromatic nitrogens is 1. The zero-order valence-electron chi connectivity index (χ0n) is 26.6. The number of hydrogen-bond acceptors (Lipinski definition) is 7. The maximum Gasteiger partial charge on any atom is 0.409 e. The van der Waals surface area contributed by atoms with Crippen molar-refractivity contribution in [3.8, 4) is 11.8 Å². The highest BCUT2D eigenvalue weighted by Gasteiger charge is 2.65. The number of anilines is 1. The zero-order valence-corrected chi connectivity index (χ0v) is 26.6. The second-order valence-corrected chi connectivity index (χ2v) is 14.3. The number of fused-ring (bicyclic) bond motifs is 5. The molecule has 3 heterocycles. The van der Waals surface area contributed by atoms with E-state index in [-0.39, 0.29) is 43.4 Å². The molecule has 2 bridgehead atoms. The molecule has 2 unspecified atom stereocenters. The van der Waals surface area contributed by atoms with Crippen LogP contribution in [0.2, 0.25) is 0 Å². The van der Waals surface area contributed by atoms with Crippen LogP contribution in [0.5, 0.6) is 5.75 Å². The molecule has 2 saturated heterocycles. The molecule has 3 N–H and O–H groups in total. The number of nitrogens with one attached hydrogen (secondary N) is 2. The smallest absolute Gasteiger partial charge is 0.409 e. The summed E-state index contributed by atoms with van der Waals surface area (Å²) in [4.78, 5) is 60.2. The number of amides is 4. The first-order chi connectivity index (χ1) is 22.6. The number of alkyl halides is 7. The second kappa shape index (κ2) is 12.6. The maximum absolute atomic E-state index is 15.2. The van der Waals surface area contributed by atoms with E-state index in [1.807, 2.05) is 6.07 Å². The first-order valence-corrected chi connectivity index (χ1v) is 15.7. The summed E-state index contributed by atoms with van der Waals surface area (Å²) in [7, 11) is 0. The number of hydrogen-bond donors (Lipinski definition) is 3. The number of rotatable bonds is 6. The van der Waals surface area contributed by atoms with E-state index in [0.717, 1.165) is 9.80 Å². The average molecular weight is 705 g/mol. The summed E-state index contributed by atoms with van der Waals surface area (Å²) in [5, 5.41) is 24.0. The number of carbonyl (C=O) groups is 4. The van der Waals surface area contributed by atoms with E-state index in [2.05, 4.69) is 10.3 Å². The lowest BCUT2D eigenvalue weighted by Gasteiger charge is -2.39. The predicted octanol–water partition coefficient (Wildman–Crippen LogP) is 3.56. The van der Waals surface area contributed by atoms with Gasteiger partial charge >= 0.3 is 12.4 Å². The summed E-state index contributed by atoms with van der Waals surface area (Å²) in [5.41, 5.74) is -1.45. The number of likely N-dealkylation sites (tertiary alicyclic amines) is 2. The van der Waals surface area contributed by atoms with Gasteiger partial charge < -0.3 is 25.5 Å². The molecule has 5 rings (SSSR count). The molecule has 4 fully saturated rings. The van der Waals surface area contributed by atoms with Crippen molar-refractivity contribution in [2.75, 3.05) is 18.4 Å². The van der Waals surface area contributed by atoms with Crippen LogP contribution in [0.25, 0.3) is 0 Å². The Kier molecular flexibility index (Phi) is 9.30.